The monoisotopic (exact) mass is 445 g/mol. The molecule has 0 aliphatic carbocycles. The van der Waals surface area contributed by atoms with Crippen LogP contribution in [0.5, 0.6) is 0 Å². The second-order valence-corrected chi connectivity index (χ2v) is 3.94. The predicted molar refractivity (Wildman–Crippen MR) is 76.7 cm³/mol. The van der Waals surface area contributed by atoms with Gasteiger partial charge in [0.1, 0.15) is 5.82 Å². The van der Waals surface area contributed by atoms with Crippen molar-refractivity contribution in [1.29, 1.82) is 0 Å². The Morgan fingerprint density at radius 2 is 1.85 bits per heavy atom. The zero-order chi connectivity index (χ0) is 13.5. The van der Waals surface area contributed by atoms with Crippen LogP contribution in [0.4, 0.5) is 11.5 Å². The van der Waals surface area contributed by atoms with E-state index in [0.29, 0.717) is 0 Å². The van der Waals surface area contributed by atoms with E-state index in [0.717, 1.165) is 24.6 Å². The van der Waals surface area contributed by atoms with Gasteiger partial charge in [0.2, 0.25) is 0 Å². The number of hydrogen-bond donors (Lipinski definition) is 0. The van der Waals surface area contributed by atoms with E-state index >= 15 is 0 Å². The standard InChI is InChI=1S/C13H12BN3.CHO.Pt/c1-2-6-12(7-3-1)16-10-11-17(14-16)13-8-4-5-9-15-13;1-2;/h1-6,8-9H,10-11H2;1H;/q2*-1;+2. The van der Waals surface area contributed by atoms with Crippen LogP contribution in [0.3, 0.4) is 0 Å². The Bertz CT molecular complexity index is 455. The second-order valence-electron chi connectivity index (χ2n) is 3.94. The summed E-state index contributed by atoms with van der Waals surface area (Å²) < 4.78 is 0. The van der Waals surface area contributed by atoms with E-state index in [-0.39, 0.29) is 21.1 Å². The molecule has 0 spiro atoms. The molecule has 2 aromatic rings. The summed E-state index contributed by atoms with van der Waals surface area (Å²) in [5, 5.41) is 0. The topological polar surface area (TPSA) is 36.4 Å². The first kappa shape index (κ1) is 16.4. The first-order valence-corrected chi connectivity index (χ1v) is 5.93. The fourth-order valence-corrected chi connectivity index (χ4v) is 1.94. The van der Waals surface area contributed by atoms with Gasteiger partial charge >= 0.3 is 28.6 Å². The van der Waals surface area contributed by atoms with Crippen LogP contribution in [0.15, 0.2) is 48.7 Å². The summed E-state index contributed by atoms with van der Waals surface area (Å²) in [5.41, 5.74) is 1.10. The van der Waals surface area contributed by atoms with E-state index in [4.69, 9.17) is 4.79 Å². The van der Waals surface area contributed by atoms with Crippen molar-refractivity contribution in [3.05, 3.63) is 54.7 Å². The van der Waals surface area contributed by atoms with Gasteiger partial charge in [-0.05, 0) is 12.1 Å². The van der Waals surface area contributed by atoms with Gasteiger partial charge < -0.3 is 14.4 Å². The molecular formula is C14H13BN3OPt. The number of rotatable bonds is 2. The minimum Gasteiger partial charge on any atom is -0.545 e. The average molecular weight is 445 g/mol. The van der Waals surface area contributed by atoms with E-state index in [9.17, 15) is 0 Å². The Labute approximate surface area is 134 Å². The number of para-hydroxylation sites is 1. The smallest absolute Gasteiger partial charge is 0.545 e. The molecule has 0 saturated carbocycles. The van der Waals surface area contributed by atoms with Crippen molar-refractivity contribution in [1.82, 2.24) is 4.98 Å². The minimum atomic E-state index is 0. The Morgan fingerprint density at radius 1 is 1.10 bits per heavy atom. The summed E-state index contributed by atoms with van der Waals surface area (Å²) in [6, 6.07) is 17.2. The van der Waals surface area contributed by atoms with Gasteiger partial charge in [-0.3, -0.25) is 6.79 Å². The van der Waals surface area contributed by atoms with Gasteiger partial charge in [0.05, 0.1) is 0 Å². The predicted octanol–water partition coefficient (Wildman–Crippen LogP) is 1.47. The second kappa shape index (κ2) is 8.54. The van der Waals surface area contributed by atoms with Gasteiger partial charge in [-0.15, -0.1) is 6.07 Å². The van der Waals surface area contributed by atoms with Gasteiger partial charge in [-0.25, -0.2) is 4.98 Å². The summed E-state index contributed by atoms with van der Waals surface area (Å²) in [4.78, 5) is 16.4. The van der Waals surface area contributed by atoms with Gasteiger partial charge in [0.25, 0.3) is 0 Å². The van der Waals surface area contributed by atoms with Gasteiger partial charge in [-0.2, -0.15) is 24.3 Å². The van der Waals surface area contributed by atoms with Crippen molar-refractivity contribution in [3.63, 3.8) is 0 Å². The van der Waals surface area contributed by atoms with E-state index in [1.54, 1.807) is 0 Å². The Hall–Kier alpha value is -1.61. The first-order valence-electron chi connectivity index (χ1n) is 5.93. The number of anilines is 2. The van der Waals surface area contributed by atoms with Crippen LogP contribution in [-0.2, 0) is 25.9 Å². The number of carbonyl (C=O) groups excluding carboxylic acids is 1. The maximum atomic E-state index is 7.75. The van der Waals surface area contributed by atoms with Crippen LogP contribution in [0.1, 0.15) is 0 Å². The molecule has 103 valence electrons. The molecule has 1 fully saturated rings. The van der Waals surface area contributed by atoms with Crippen LogP contribution >= 0.6 is 0 Å². The van der Waals surface area contributed by atoms with Gasteiger partial charge in [0.15, 0.2) is 0 Å². The number of hydrogen-bond acceptors (Lipinski definition) is 4. The molecule has 1 aromatic heterocycles. The number of aromatic nitrogens is 1. The summed E-state index contributed by atoms with van der Waals surface area (Å²) in [5.74, 6) is 0.992. The average Bonchev–Trinajstić information content (AvgIpc) is 3.01. The van der Waals surface area contributed by atoms with Crippen molar-refractivity contribution in [2.75, 3.05) is 22.7 Å². The van der Waals surface area contributed by atoms with Gasteiger partial charge in [-0.1, -0.05) is 11.8 Å². The molecule has 6 heteroatoms. The molecule has 1 radical (unpaired) electrons. The molecule has 0 bridgehead atoms. The summed E-state index contributed by atoms with van der Waals surface area (Å²) in [6.07, 6.45) is 1.82. The van der Waals surface area contributed by atoms with Crippen LogP contribution in [-0.4, -0.2) is 32.4 Å². The molecule has 4 nitrogen and oxygen atoms in total. The maximum absolute atomic E-state index is 7.75. The third-order valence-corrected chi connectivity index (χ3v) is 2.81. The largest absolute Gasteiger partial charge is 2.00 e. The Morgan fingerprint density at radius 3 is 2.50 bits per heavy atom. The summed E-state index contributed by atoms with van der Waals surface area (Å²) in [7, 11) is 2.09. The molecule has 1 saturated heterocycles. The molecule has 0 N–H and O–H groups in total. The van der Waals surface area contributed by atoms with Crippen LogP contribution in [0, 0.1) is 6.07 Å². The minimum absolute atomic E-state index is 0. The number of nitrogens with zero attached hydrogens (tertiary/aromatic N) is 3. The molecule has 1 aliphatic rings. The molecule has 0 amide bonds. The number of pyridine rings is 1. The van der Waals surface area contributed by atoms with E-state index in [1.165, 1.54) is 0 Å². The third kappa shape index (κ3) is 3.94. The fraction of sp³-hybridized carbons (Fsp3) is 0.143. The van der Waals surface area contributed by atoms with Crippen LogP contribution in [0.2, 0.25) is 0 Å². The molecule has 0 unspecified atom stereocenters. The van der Waals surface area contributed by atoms with Crippen molar-refractivity contribution in [3.8, 4) is 0 Å². The SMILES string of the molecule is [B]1N(c2[c-]cccc2)CCN1c1ccccn1.[CH-]=O.[Pt+2]. The van der Waals surface area contributed by atoms with E-state index in [1.807, 2.05) is 42.6 Å². The molecule has 1 aromatic carbocycles. The fourth-order valence-electron chi connectivity index (χ4n) is 1.94. The Balaban J connectivity index is 0.000000639. The zero-order valence-electron chi connectivity index (χ0n) is 10.8. The maximum Gasteiger partial charge on any atom is 2.00 e. The van der Waals surface area contributed by atoms with Crippen molar-refractivity contribution < 1.29 is 25.9 Å². The molecule has 2 heterocycles. The molecule has 0 atom stereocenters. The normalized spacial score (nSPS) is 12.8. The molecular weight excluding hydrogens is 432 g/mol. The zero-order valence-corrected chi connectivity index (χ0v) is 13.0. The summed E-state index contributed by atoms with van der Waals surface area (Å²) in [6.45, 7) is 5.18. The van der Waals surface area contributed by atoms with Crippen LogP contribution < -0.4 is 9.62 Å². The molecule has 20 heavy (non-hydrogen) atoms. The van der Waals surface area contributed by atoms with E-state index in [2.05, 4.69) is 41.1 Å². The molecule has 3 rings (SSSR count). The van der Waals surface area contributed by atoms with Crippen molar-refractivity contribution >= 4 is 25.8 Å². The van der Waals surface area contributed by atoms with E-state index < -0.39 is 0 Å². The van der Waals surface area contributed by atoms with Crippen molar-refractivity contribution in [2.24, 2.45) is 0 Å². The molecule has 1 aliphatic heterocycles. The number of benzene rings is 1. The first-order chi connectivity index (χ1) is 9.43. The third-order valence-electron chi connectivity index (χ3n) is 2.81. The Kier molecular flexibility index (Phi) is 7.02. The van der Waals surface area contributed by atoms with Crippen molar-refractivity contribution in [2.45, 2.75) is 0 Å². The quantitative estimate of drug-likeness (QED) is 0.399. The van der Waals surface area contributed by atoms with Crippen LogP contribution in [0.25, 0.3) is 0 Å². The summed E-state index contributed by atoms with van der Waals surface area (Å²) >= 11 is 0. The van der Waals surface area contributed by atoms with Gasteiger partial charge in [0, 0.05) is 19.3 Å².